The van der Waals surface area contributed by atoms with E-state index in [1.165, 1.54) is 17.5 Å². The van der Waals surface area contributed by atoms with E-state index in [1.54, 1.807) is 0 Å². The molecule has 210 valence electrons. The molecule has 0 amide bonds. The summed E-state index contributed by atoms with van der Waals surface area (Å²) >= 11 is 0. The minimum atomic E-state index is -0.806. The number of benzene rings is 1. The third kappa shape index (κ3) is 6.04. The number of aliphatic imine (C=N–C) groups is 1. The SMILES string of the molecule is CC1=NC(C(C)C)C(C)c2cccc(C(C(=O)O)N3CC(OCCCCCc4ccc5c(n4)NCCC5)C3)c21. The minimum absolute atomic E-state index is 0.0961. The number of pyridine rings is 1. The van der Waals surface area contributed by atoms with Crippen molar-refractivity contribution in [3.05, 3.63) is 58.3 Å². The van der Waals surface area contributed by atoms with Gasteiger partial charge in [-0.05, 0) is 67.7 Å². The molecule has 1 aromatic carbocycles. The second-order valence-corrected chi connectivity index (χ2v) is 11.9. The van der Waals surface area contributed by atoms with Crippen molar-refractivity contribution in [1.82, 2.24) is 9.88 Å². The number of unbranched alkanes of at least 4 members (excludes halogenated alkanes) is 2. The third-order valence-electron chi connectivity index (χ3n) is 8.67. The molecule has 5 rings (SSSR count). The van der Waals surface area contributed by atoms with Crippen LogP contribution in [0.5, 0.6) is 0 Å². The molecule has 0 aliphatic carbocycles. The number of likely N-dealkylation sites (tertiary alicyclic amines) is 1. The van der Waals surface area contributed by atoms with Crippen molar-refractivity contribution in [2.45, 2.75) is 90.3 Å². The predicted octanol–water partition coefficient (Wildman–Crippen LogP) is 5.63. The first kappa shape index (κ1) is 27.8. The summed E-state index contributed by atoms with van der Waals surface area (Å²) in [4.78, 5) is 24.3. The fraction of sp³-hybridized carbons (Fsp3) is 0.594. The van der Waals surface area contributed by atoms with E-state index in [1.807, 2.05) is 24.0 Å². The number of fused-ring (bicyclic) bond motifs is 2. The van der Waals surface area contributed by atoms with Crippen LogP contribution in [0, 0.1) is 5.92 Å². The van der Waals surface area contributed by atoms with Crippen molar-refractivity contribution in [2.24, 2.45) is 10.9 Å². The van der Waals surface area contributed by atoms with Gasteiger partial charge in [0.15, 0.2) is 0 Å². The van der Waals surface area contributed by atoms with Gasteiger partial charge < -0.3 is 15.2 Å². The molecule has 0 radical (unpaired) electrons. The van der Waals surface area contributed by atoms with Gasteiger partial charge in [-0.1, -0.05) is 51.5 Å². The summed E-state index contributed by atoms with van der Waals surface area (Å²) < 4.78 is 6.11. The molecule has 3 aliphatic rings. The first-order valence-electron chi connectivity index (χ1n) is 14.8. The average Bonchev–Trinajstić information content (AvgIpc) is 2.90. The summed E-state index contributed by atoms with van der Waals surface area (Å²) in [7, 11) is 0. The normalized spacial score (nSPS) is 21.9. The van der Waals surface area contributed by atoms with Gasteiger partial charge in [0.1, 0.15) is 11.9 Å². The molecule has 7 heteroatoms. The second-order valence-electron chi connectivity index (χ2n) is 11.9. The number of aryl methyl sites for hydroxylation is 2. The first-order valence-corrected chi connectivity index (χ1v) is 14.8. The summed E-state index contributed by atoms with van der Waals surface area (Å²) in [6, 6.07) is 10.1. The zero-order valence-electron chi connectivity index (χ0n) is 23.9. The number of carboxylic acids is 1. The quantitative estimate of drug-likeness (QED) is 0.365. The standard InChI is InChI=1S/C32H44N4O3/c1-20(2)29-21(3)26-12-8-13-27(28(26)22(4)34-29)30(32(37)38)36-18-25(19-36)39-17-7-5-6-11-24-15-14-23-10-9-16-33-31(23)35-24/h8,12-15,20-21,25,29-30H,5-7,9-11,16-19H2,1-4H3,(H,33,35)(H,37,38). The highest BCUT2D eigenvalue weighted by Crippen LogP contribution is 2.39. The summed E-state index contributed by atoms with van der Waals surface area (Å²) in [5, 5.41) is 13.7. The van der Waals surface area contributed by atoms with E-state index < -0.39 is 12.0 Å². The zero-order chi connectivity index (χ0) is 27.5. The molecule has 7 nitrogen and oxygen atoms in total. The van der Waals surface area contributed by atoms with Crippen molar-refractivity contribution in [3.8, 4) is 0 Å². The van der Waals surface area contributed by atoms with E-state index in [4.69, 9.17) is 14.7 Å². The number of aromatic nitrogens is 1. The molecule has 0 bridgehead atoms. The van der Waals surface area contributed by atoms with Crippen LogP contribution in [0.1, 0.15) is 93.3 Å². The molecule has 2 aromatic rings. The van der Waals surface area contributed by atoms with Gasteiger partial charge >= 0.3 is 5.97 Å². The van der Waals surface area contributed by atoms with Crippen LogP contribution in [0.3, 0.4) is 0 Å². The van der Waals surface area contributed by atoms with Crippen LogP contribution in [0.15, 0.2) is 35.3 Å². The van der Waals surface area contributed by atoms with E-state index in [9.17, 15) is 9.90 Å². The Balaban J connectivity index is 1.10. The molecule has 2 N–H and O–H groups in total. The molecule has 1 fully saturated rings. The number of carboxylic acid groups (broad SMARTS) is 1. The Kier molecular flexibility index (Phi) is 8.67. The van der Waals surface area contributed by atoms with Gasteiger partial charge in [0.05, 0.1) is 12.1 Å². The minimum Gasteiger partial charge on any atom is -0.480 e. The summed E-state index contributed by atoms with van der Waals surface area (Å²) in [6.07, 6.45) is 6.61. The van der Waals surface area contributed by atoms with E-state index >= 15 is 0 Å². The van der Waals surface area contributed by atoms with Crippen LogP contribution < -0.4 is 5.32 Å². The lowest BCUT2D eigenvalue weighted by Gasteiger charge is -2.43. The van der Waals surface area contributed by atoms with Gasteiger partial charge in [-0.2, -0.15) is 0 Å². The van der Waals surface area contributed by atoms with Gasteiger partial charge in [0, 0.05) is 49.1 Å². The van der Waals surface area contributed by atoms with E-state index in [-0.39, 0.29) is 18.1 Å². The highest BCUT2D eigenvalue weighted by Gasteiger charge is 2.40. The van der Waals surface area contributed by atoms with Gasteiger partial charge in [-0.25, -0.2) is 4.98 Å². The Morgan fingerprint density at radius 2 is 2.00 bits per heavy atom. The zero-order valence-corrected chi connectivity index (χ0v) is 23.9. The molecule has 1 saturated heterocycles. The van der Waals surface area contributed by atoms with Crippen molar-refractivity contribution in [1.29, 1.82) is 0 Å². The van der Waals surface area contributed by atoms with Crippen LogP contribution in [-0.2, 0) is 22.4 Å². The Morgan fingerprint density at radius 1 is 1.18 bits per heavy atom. The lowest BCUT2D eigenvalue weighted by molar-refractivity contribution is -0.150. The molecular weight excluding hydrogens is 488 g/mol. The molecule has 3 unspecified atom stereocenters. The summed E-state index contributed by atoms with van der Waals surface area (Å²) in [6.45, 7) is 11.7. The fourth-order valence-corrected chi connectivity index (χ4v) is 6.54. The molecular formula is C32H44N4O3. The van der Waals surface area contributed by atoms with Crippen LogP contribution >= 0.6 is 0 Å². The second kappa shape index (κ2) is 12.2. The molecule has 4 heterocycles. The highest BCUT2D eigenvalue weighted by atomic mass is 16.5. The summed E-state index contributed by atoms with van der Waals surface area (Å²) in [5.74, 6) is 0.974. The van der Waals surface area contributed by atoms with E-state index in [2.05, 4.69) is 44.3 Å². The highest BCUT2D eigenvalue weighted by molar-refractivity contribution is 6.03. The van der Waals surface area contributed by atoms with E-state index in [0.29, 0.717) is 19.0 Å². The van der Waals surface area contributed by atoms with Gasteiger partial charge in [-0.3, -0.25) is 14.7 Å². The van der Waals surface area contributed by atoms with Crippen LogP contribution in [-0.4, -0.2) is 65.1 Å². The Labute approximate surface area is 233 Å². The Morgan fingerprint density at radius 3 is 2.77 bits per heavy atom. The monoisotopic (exact) mass is 532 g/mol. The molecule has 3 aliphatic heterocycles. The molecule has 3 atom stereocenters. The number of hydrogen-bond acceptors (Lipinski definition) is 6. The fourth-order valence-electron chi connectivity index (χ4n) is 6.54. The number of hydrogen-bond donors (Lipinski definition) is 2. The number of nitrogens with one attached hydrogen (secondary N) is 1. The van der Waals surface area contributed by atoms with Crippen molar-refractivity contribution in [2.75, 3.05) is 31.6 Å². The topological polar surface area (TPSA) is 87.0 Å². The number of rotatable bonds is 11. The van der Waals surface area contributed by atoms with E-state index in [0.717, 1.165) is 73.6 Å². The van der Waals surface area contributed by atoms with Crippen LogP contribution in [0.2, 0.25) is 0 Å². The molecule has 1 aromatic heterocycles. The number of nitrogens with zero attached hydrogens (tertiary/aromatic N) is 3. The molecule has 39 heavy (non-hydrogen) atoms. The summed E-state index contributed by atoms with van der Waals surface area (Å²) in [5.41, 5.74) is 6.57. The lowest BCUT2D eigenvalue weighted by Crippen LogP contribution is -2.55. The van der Waals surface area contributed by atoms with Crippen LogP contribution in [0.4, 0.5) is 5.82 Å². The Bertz CT molecular complexity index is 1200. The van der Waals surface area contributed by atoms with Crippen molar-refractivity contribution in [3.63, 3.8) is 0 Å². The maximum Gasteiger partial charge on any atom is 0.325 e. The lowest BCUT2D eigenvalue weighted by atomic mass is 9.78. The van der Waals surface area contributed by atoms with Crippen molar-refractivity contribution < 1.29 is 14.6 Å². The first-order chi connectivity index (χ1) is 18.8. The third-order valence-corrected chi connectivity index (χ3v) is 8.67. The number of aliphatic carboxylic acids is 1. The number of anilines is 1. The number of carbonyl (C=O) groups is 1. The molecule has 0 saturated carbocycles. The maximum atomic E-state index is 12.5. The predicted molar refractivity (Wildman–Crippen MR) is 156 cm³/mol. The van der Waals surface area contributed by atoms with Gasteiger partial charge in [-0.15, -0.1) is 0 Å². The van der Waals surface area contributed by atoms with Gasteiger partial charge in [0.25, 0.3) is 0 Å². The maximum absolute atomic E-state index is 12.5. The Hall–Kier alpha value is -2.77. The average molecular weight is 533 g/mol. The molecule has 0 spiro atoms. The largest absolute Gasteiger partial charge is 0.480 e. The smallest absolute Gasteiger partial charge is 0.325 e. The van der Waals surface area contributed by atoms with Gasteiger partial charge in [0.2, 0.25) is 0 Å². The van der Waals surface area contributed by atoms with Crippen molar-refractivity contribution >= 4 is 17.5 Å². The van der Waals surface area contributed by atoms with Crippen LogP contribution in [0.25, 0.3) is 0 Å². The number of ether oxygens (including phenoxy) is 1.